The first-order valence-electron chi connectivity index (χ1n) is 7.74. The number of benzene rings is 2. The molecule has 0 atom stereocenters. The number of carbonyl (C=O) groups excluding carboxylic acids is 2. The summed E-state index contributed by atoms with van der Waals surface area (Å²) in [6.07, 6.45) is 0. The first-order chi connectivity index (χ1) is 11.8. The molecule has 0 bridgehead atoms. The quantitative estimate of drug-likeness (QED) is 0.297. The van der Waals surface area contributed by atoms with Gasteiger partial charge < -0.3 is 15.2 Å². The first-order valence-corrected chi connectivity index (χ1v) is 7.74. The van der Waals surface area contributed by atoms with E-state index in [2.05, 4.69) is 11.3 Å². The minimum absolute atomic E-state index is 0.0373. The van der Waals surface area contributed by atoms with Crippen LogP contribution < -0.4 is 5.73 Å². The molecule has 0 aliphatic carbocycles. The summed E-state index contributed by atoms with van der Waals surface area (Å²) in [5.41, 5.74) is 11.3. The van der Waals surface area contributed by atoms with E-state index in [1.807, 2.05) is 50.2 Å². The van der Waals surface area contributed by atoms with Gasteiger partial charge in [0.15, 0.2) is 0 Å². The van der Waals surface area contributed by atoms with Gasteiger partial charge in [-0.3, -0.25) is 0 Å². The van der Waals surface area contributed by atoms with E-state index in [9.17, 15) is 9.59 Å². The van der Waals surface area contributed by atoms with Crippen LogP contribution in [-0.2, 0) is 25.7 Å². The molecule has 0 saturated carbocycles. The van der Waals surface area contributed by atoms with Crippen molar-refractivity contribution in [3.63, 3.8) is 0 Å². The third kappa shape index (κ3) is 4.26. The highest BCUT2D eigenvalue weighted by Gasteiger charge is 2.17. The summed E-state index contributed by atoms with van der Waals surface area (Å²) >= 11 is 0. The lowest BCUT2D eigenvalue weighted by Crippen LogP contribution is -2.16. The van der Waals surface area contributed by atoms with Crippen molar-refractivity contribution >= 4 is 17.6 Å². The number of rotatable bonds is 5. The number of hydrogen-bond donors (Lipinski definition) is 1. The molecule has 0 spiro atoms. The van der Waals surface area contributed by atoms with Gasteiger partial charge in [0.25, 0.3) is 0 Å². The Labute approximate surface area is 147 Å². The maximum atomic E-state index is 11.8. The Morgan fingerprint density at radius 3 is 2.28 bits per heavy atom. The number of esters is 2. The molecule has 130 valence electrons. The number of methoxy groups -OCH3 is 1. The molecule has 0 amide bonds. The summed E-state index contributed by atoms with van der Waals surface area (Å²) in [6.45, 7) is 7.34. The lowest BCUT2D eigenvalue weighted by molar-refractivity contribution is -0.146. The molecule has 5 nitrogen and oxygen atoms in total. The van der Waals surface area contributed by atoms with Crippen LogP contribution in [-0.4, -0.2) is 19.0 Å². The molecule has 2 N–H and O–H groups in total. The predicted octanol–water partition coefficient (Wildman–Crippen LogP) is 3.33. The molecule has 0 aliphatic heterocycles. The molecule has 0 saturated heterocycles. The van der Waals surface area contributed by atoms with Crippen LogP contribution in [0.3, 0.4) is 0 Å². The normalized spacial score (nSPS) is 10.2. The lowest BCUT2D eigenvalue weighted by Gasteiger charge is -2.11. The Morgan fingerprint density at radius 1 is 1.04 bits per heavy atom. The van der Waals surface area contributed by atoms with Crippen LogP contribution in [0.2, 0.25) is 0 Å². The lowest BCUT2D eigenvalue weighted by atomic mass is 9.98. The summed E-state index contributed by atoms with van der Waals surface area (Å²) in [7, 11) is 1.18. The summed E-state index contributed by atoms with van der Waals surface area (Å²) < 4.78 is 9.56. The molecular formula is C20H21NO4. The maximum absolute atomic E-state index is 11.8. The van der Waals surface area contributed by atoms with Crippen molar-refractivity contribution < 1.29 is 19.1 Å². The second kappa shape index (κ2) is 7.66. The molecule has 0 heterocycles. The molecule has 2 aromatic rings. The van der Waals surface area contributed by atoms with Crippen molar-refractivity contribution in [2.24, 2.45) is 0 Å². The fourth-order valence-corrected chi connectivity index (χ4v) is 2.42. The van der Waals surface area contributed by atoms with Gasteiger partial charge in [0, 0.05) is 5.69 Å². The van der Waals surface area contributed by atoms with Crippen molar-refractivity contribution in [2.75, 3.05) is 12.8 Å². The molecule has 0 radical (unpaired) electrons. The average Bonchev–Trinajstić information content (AvgIpc) is 2.62. The van der Waals surface area contributed by atoms with E-state index in [4.69, 9.17) is 10.5 Å². The highest BCUT2D eigenvalue weighted by molar-refractivity contribution is 6.13. The molecule has 0 fully saturated rings. The van der Waals surface area contributed by atoms with E-state index >= 15 is 0 Å². The van der Waals surface area contributed by atoms with Crippen molar-refractivity contribution in [1.82, 2.24) is 0 Å². The number of anilines is 1. The Bertz CT molecular complexity index is 816. The average molecular weight is 339 g/mol. The fraction of sp³-hybridized carbons (Fsp3) is 0.200. The number of nitrogens with two attached hydrogens (primary N) is 1. The molecule has 0 aliphatic rings. The largest absolute Gasteiger partial charge is 0.465 e. The minimum Gasteiger partial charge on any atom is -0.465 e. The standard InChI is InChI=1S/C20H21NO4/c1-12-8-17(9-13(2)18(12)21)16-7-5-6-15(10-16)11-25-20(23)14(3)19(22)24-4/h5-10H,3,11,21H2,1-2,4H3. The molecule has 0 aromatic heterocycles. The number of ether oxygens (including phenoxy) is 2. The number of carbonyl (C=O) groups is 2. The highest BCUT2D eigenvalue weighted by atomic mass is 16.5. The van der Waals surface area contributed by atoms with Crippen molar-refractivity contribution in [3.8, 4) is 11.1 Å². The van der Waals surface area contributed by atoms with Crippen LogP contribution >= 0.6 is 0 Å². The Hall–Kier alpha value is -3.08. The Morgan fingerprint density at radius 2 is 1.68 bits per heavy atom. The van der Waals surface area contributed by atoms with Crippen molar-refractivity contribution in [1.29, 1.82) is 0 Å². The number of hydrogen-bond acceptors (Lipinski definition) is 5. The van der Waals surface area contributed by atoms with Gasteiger partial charge in [-0.05, 0) is 59.9 Å². The molecule has 25 heavy (non-hydrogen) atoms. The first kappa shape index (κ1) is 18.3. The van der Waals surface area contributed by atoms with E-state index in [0.717, 1.165) is 33.5 Å². The van der Waals surface area contributed by atoms with Crippen molar-refractivity contribution in [2.45, 2.75) is 20.5 Å². The maximum Gasteiger partial charge on any atom is 0.345 e. The monoisotopic (exact) mass is 339 g/mol. The van der Waals surface area contributed by atoms with Crippen LogP contribution in [0, 0.1) is 13.8 Å². The van der Waals surface area contributed by atoms with Gasteiger partial charge in [0.05, 0.1) is 7.11 Å². The third-order valence-corrected chi connectivity index (χ3v) is 3.90. The highest BCUT2D eigenvalue weighted by Crippen LogP contribution is 2.27. The van der Waals surface area contributed by atoms with Gasteiger partial charge in [-0.1, -0.05) is 24.8 Å². The second-order valence-electron chi connectivity index (χ2n) is 5.77. The van der Waals surface area contributed by atoms with Crippen molar-refractivity contribution in [3.05, 3.63) is 65.2 Å². The van der Waals surface area contributed by atoms with Crippen LogP contribution in [0.1, 0.15) is 16.7 Å². The van der Waals surface area contributed by atoms with Crippen LogP contribution in [0.25, 0.3) is 11.1 Å². The van der Waals surface area contributed by atoms with E-state index in [1.165, 1.54) is 7.11 Å². The summed E-state index contributed by atoms with van der Waals surface area (Å²) in [6, 6.07) is 11.7. The molecule has 0 unspecified atom stereocenters. The van der Waals surface area contributed by atoms with E-state index in [-0.39, 0.29) is 12.2 Å². The molecular weight excluding hydrogens is 318 g/mol. The topological polar surface area (TPSA) is 78.6 Å². The zero-order valence-electron chi connectivity index (χ0n) is 14.6. The second-order valence-corrected chi connectivity index (χ2v) is 5.77. The van der Waals surface area contributed by atoms with E-state index in [1.54, 1.807) is 0 Å². The van der Waals surface area contributed by atoms with Gasteiger partial charge in [-0.15, -0.1) is 0 Å². The smallest absolute Gasteiger partial charge is 0.345 e. The van der Waals surface area contributed by atoms with Gasteiger partial charge >= 0.3 is 11.9 Å². The summed E-state index contributed by atoms with van der Waals surface area (Å²) in [4.78, 5) is 23.0. The minimum atomic E-state index is -0.799. The zero-order valence-corrected chi connectivity index (χ0v) is 14.6. The van der Waals surface area contributed by atoms with Gasteiger partial charge in [-0.25, -0.2) is 9.59 Å². The summed E-state index contributed by atoms with van der Waals surface area (Å²) in [5, 5.41) is 0. The SMILES string of the molecule is C=C(C(=O)OC)C(=O)OCc1cccc(-c2cc(C)c(N)c(C)c2)c1. The Kier molecular flexibility index (Phi) is 5.60. The predicted molar refractivity (Wildman–Crippen MR) is 96.7 cm³/mol. The van der Waals surface area contributed by atoms with Crippen LogP contribution in [0.15, 0.2) is 48.6 Å². The molecule has 2 rings (SSSR count). The van der Waals surface area contributed by atoms with Crippen LogP contribution in [0.4, 0.5) is 5.69 Å². The number of nitrogen functional groups attached to an aromatic ring is 1. The van der Waals surface area contributed by atoms with E-state index in [0.29, 0.717) is 0 Å². The van der Waals surface area contributed by atoms with Gasteiger partial charge in [0.2, 0.25) is 0 Å². The molecule has 2 aromatic carbocycles. The van der Waals surface area contributed by atoms with Gasteiger partial charge in [0.1, 0.15) is 12.2 Å². The third-order valence-electron chi connectivity index (χ3n) is 3.90. The van der Waals surface area contributed by atoms with E-state index < -0.39 is 11.9 Å². The van der Waals surface area contributed by atoms with Gasteiger partial charge in [-0.2, -0.15) is 0 Å². The molecule has 5 heteroatoms. The van der Waals surface area contributed by atoms with Crippen LogP contribution in [0.5, 0.6) is 0 Å². The Balaban J connectivity index is 2.16. The zero-order chi connectivity index (χ0) is 18.6. The summed E-state index contributed by atoms with van der Waals surface area (Å²) in [5.74, 6) is -1.59. The number of aryl methyl sites for hydroxylation is 2. The fourth-order valence-electron chi connectivity index (χ4n) is 2.42.